The first-order chi connectivity index (χ1) is 17.8. The van der Waals surface area contributed by atoms with Crippen LogP contribution in [0, 0.1) is 16.7 Å². The number of hydrogen-bond acceptors (Lipinski definition) is 6. The van der Waals surface area contributed by atoms with Crippen molar-refractivity contribution < 1.29 is 23.1 Å². The molecule has 0 spiro atoms. The molecule has 12 heteroatoms. The van der Waals surface area contributed by atoms with Crippen LogP contribution in [0.4, 0.5) is 23.8 Å². The van der Waals surface area contributed by atoms with Gasteiger partial charge in [-0.1, -0.05) is 27.2 Å². The Morgan fingerprint density at radius 3 is 2.53 bits per heavy atom. The lowest BCUT2D eigenvalue weighted by molar-refractivity contribution is -0.218. The molecule has 1 saturated heterocycles. The van der Waals surface area contributed by atoms with Crippen LogP contribution in [-0.2, 0) is 0 Å². The third-order valence-corrected chi connectivity index (χ3v) is 7.75. The summed E-state index contributed by atoms with van der Waals surface area (Å²) in [5.74, 6) is -6.01. The molecule has 1 aliphatic heterocycles. The summed E-state index contributed by atoms with van der Waals surface area (Å²) in [4.78, 5) is 25.8. The van der Waals surface area contributed by atoms with E-state index >= 15 is 13.2 Å². The number of hydrogen-bond donors (Lipinski definition) is 1. The van der Waals surface area contributed by atoms with Gasteiger partial charge in [-0.25, -0.2) is 32.9 Å². The highest BCUT2D eigenvalue weighted by Gasteiger charge is 2.70. The van der Waals surface area contributed by atoms with Crippen LogP contribution in [-0.4, -0.2) is 60.0 Å². The number of alkyl halides is 3. The molecule has 1 aliphatic carbocycles. The van der Waals surface area contributed by atoms with Gasteiger partial charge in [0.1, 0.15) is 18.0 Å². The molecular weight excluding hydrogens is 499 g/mol. The van der Waals surface area contributed by atoms with Crippen molar-refractivity contribution in [2.75, 3.05) is 11.4 Å². The van der Waals surface area contributed by atoms with Crippen LogP contribution in [0.3, 0.4) is 0 Å². The molecule has 3 aromatic heterocycles. The average molecular weight is 528 g/mol. The highest BCUT2D eigenvalue weighted by atomic mass is 19.2. The second-order valence-electron chi connectivity index (χ2n) is 11.0. The van der Waals surface area contributed by atoms with Crippen LogP contribution < -0.4 is 4.90 Å². The Hall–Kier alpha value is -3.88. The Kier molecular flexibility index (Phi) is 5.81. The summed E-state index contributed by atoms with van der Waals surface area (Å²) < 4.78 is 51.2. The van der Waals surface area contributed by atoms with Crippen molar-refractivity contribution in [3.8, 4) is 11.9 Å². The van der Waals surface area contributed by atoms with Gasteiger partial charge in [-0.15, -0.1) is 0 Å². The second kappa shape index (κ2) is 8.58. The first-order valence-corrected chi connectivity index (χ1v) is 12.4. The molecule has 1 amide bonds. The van der Waals surface area contributed by atoms with Crippen molar-refractivity contribution in [1.82, 2.24) is 24.4 Å². The van der Waals surface area contributed by atoms with Gasteiger partial charge in [0.15, 0.2) is 11.9 Å². The summed E-state index contributed by atoms with van der Waals surface area (Å²) >= 11 is 0. The van der Waals surface area contributed by atoms with E-state index in [4.69, 9.17) is 0 Å². The van der Waals surface area contributed by atoms with Crippen molar-refractivity contribution in [1.29, 1.82) is 5.26 Å². The lowest BCUT2D eigenvalue weighted by Gasteiger charge is -2.58. The molecule has 200 valence electrons. The quantitative estimate of drug-likeness (QED) is 0.451. The van der Waals surface area contributed by atoms with Gasteiger partial charge in [-0.3, -0.25) is 14.4 Å². The Morgan fingerprint density at radius 1 is 1.24 bits per heavy atom. The summed E-state index contributed by atoms with van der Waals surface area (Å²) in [5, 5.41) is 19.4. The number of halogens is 3. The Balaban J connectivity index is 1.77. The van der Waals surface area contributed by atoms with Gasteiger partial charge in [0.2, 0.25) is 11.6 Å². The number of fused-ring (bicyclic) bond motifs is 1. The summed E-state index contributed by atoms with van der Waals surface area (Å²) in [6.07, 6.45) is 3.06. The van der Waals surface area contributed by atoms with Crippen LogP contribution in [0.2, 0.25) is 0 Å². The van der Waals surface area contributed by atoms with Crippen molar-refractivity contribution in [3.63, 3.8) is 0 Å². The second-order valence-corrected chi connectivity index (χ2v) is 11.0. The zero-order chi connectivity index (χ0) is 27.6. The minimum atomic E-state index is -3.15. The van der Waals surface area contributed by atoms with Crippen molar-refractivity contribution >= 4 is 22.9 Å². The summed E-state index contributed by atoms with van der Waals surface area (Å²) in [6.45, 7) is 4.05. The molecule has 0 bridgehead atoms. The minimum Gasteiger partial charge on any atom is -0.465 e. The van der Waals surface area contributed by atoms with Gasteiger partial charge in [0.25, 0.3) is 0 Å². The standard InChI is InChI=1S/C26H28F3N7O2/c1-24(2,3)26(29)25(4,28)36(18(27)13-35(26)23(37)38)22-20-17(16-6-5-7-16)12-34(21(20)32-14-33-22)19-10-15(11-30)8-9-31-19/h8-10,12,14,16,18H,5-7,13H2,1-4H3,(H,37,38)/t18?,25?,26-/m1/s1. The fourth-order valence-corrected chi connectivity index (χ4v) is 5.74. The lowest BCUT2D eigenvalue weighted by atomic mass is 9.75. The number of nitriles is 1. The number of carbonyl (C=O) groups is 1. The Bertz CT molecular complexity index is 1460. The number of carboxylic acid groups (broad SMARTS) is 1. The van der Waals surface area contributed by atoms with Gasteiger partial charge in [0, 0.05) is 17.8 Å². The topological polar surface area (TPSA) is 111 Å². The van der Waals surface area contributed by atoms with Crippen LogP contribution in [0.25, 0.3) is 16.9 Å². The number of pyridine rings is 1. The molecule has 0 radical (unpaired) electrons. The van der Waals surface area contributed by atoms with Crippen LogP contribution in [0.1, 0.15) is 64.0 Å². The number of anilines is 1. The van der Waals surface area contributed by atoms with Gasteiger partial charge < -0.3 is 5.11 Å². The summed E-state index contributed by atoms with van der Waals surface area (Å²) in [7, 11) is 0. The molecular formula is C26H28F3N7O2. The van der Waals surface area contributed by atoms with Crippen molar-refractivity contribution in [3.05, 3.63) is 42.0 Å². The maximum Gasteiger partial charge on any atom is 0.410 e. The van der Waals surface area contributed by atoms with E-state index in [9.17, 15) is 15.2 Å². The molecule has 4 heterocycles. The number of piperazine rings is 1. The smallest absolute Gasteiger partial charge is 0.410 e. The fraction of sp³-hybridized carbons (Fsp3) is 0.500. The Labute approximate surface area is 217 Å². The molecule has 2 fully saturated rings. The van der Waals surface area contributed by atoms with Crippen LogP contribution >= 0.6 is 0 Å². The van der Waals surface area contributed by atoms with Gasteiger partial charge >= 0.3 is 6.09 Å². The lowest BCUT2D eigenvalue weighted by Crippen LogP contribution is -2.78. The van der Waals surface area contributed by atoms with E-state index in [1.165, 1.54) is 27.0 Å². The average Bonchev–Trinajstić information content (AvgIpc) is 3.19. The van der Waals surface area contributed by atoms with Crippen molar-refractivity contribution in [2.45, 2.75) is 70.8 Å². The number of nitrogens with zero attached hydrogens (tertiary/aromatic N) is 7. The highest BCUT2D eigenvalue weighted by molar-refractivity contribution is 5.93. The van der Waals surface area contributed by atoms with Gasteiger partial charge in [0.05, 0.1) is 23.6 Å². The Morgan fingerprint density at radius 2 is 1.95 bits per heavy atom. The molecule has 2 unspecified atom stereocenters. The number of aromatic nitrogens is 4. The largest absolute Gasteiger partial charge is 0.465 e. The predicted octanol–water partition coefficient (Wildman–Crippen LogP) is 5.45. The molecule has 2 aliphatic rings. The highest BCUT2D eigenvalue weighted by Crippen LogP contribution is 2.54. The minimum absolute atomic E-state index is 0.0598. The molecule has 5 rings (SSSR count). The SMILES string of the molecule is CC(C)(C)[C@@]1(F)N(C(=O)O)CC(F)N(c2ncnc3c2c(C2CCC2)cn3-c2cc(C#N)ccn2)C1(C)F. The van der Waals surface area contributed by atoms with E-state index in [2.05, 4.69) is 21.0 Å². The summed E-state index contributed by atoms with van der Waals surface area (Å²) in [5.41, 5.74) is -0.170. The summed E-state index contributed by atoms with van der Waals surface area (Å²) in [6, 6.07) is 5.19. The van der Waals surface area contributed by atoms with Crippen LogP contribution in [0.5, 0.6) is 0 Å². The normalized spacial score (nSPS) is 26.3. The van der Waals surface area contributed by atoms with Gasteiger partial charge in [-0.2, -0.15) is 5.26 Å². The number of amides is 1. The first kappa shape index (κ1) is 25.8. The molecule has 1 N–H and O–H groups in total. The maximum atomic E-state index is 16.9. The maximum absolute atomic E-state index is 16.9. The zero-order valence-electron chi connectivity index (χ0n) is 21.5. The fourth-order valence-electron chi connectivity index (χ4n) is 5.74. The monoisotopic (exact) mass is 527 g/mol. The molecule has 3 atom stereocenters. The van der Waals surface area contributed by atoms with E-state index in [0.29, 0.717) is 27.3 Å². The zero-order valence-corrected chi connectivity index (χ0v) is 21.5. The molecule has 9 nitrogen and oxygen atoms in total. The van der Waals surface area contributed by atoms with E-state index in [-0.39, 0.29) is 16.6 Å². The van der Waals surface area contributed by atoms with Crippen LogP contribution in [0.15, 0.2) is 30.9 Å². The van der Waals surface area contributed by atoms with Gasteiger partial charge in [-0.05, 0) is 43.4 Å². The molecule has 38 heavy (non-hydrogen) atoms. The first-order valence-electron chi connectivity index (χ1n) is 12.4. The third-order valence-electron chi connectivity index (χ3n) is 7.75. The molecule has 0 aromatic carbocycles. The van der Waals surface area contributed by atoms with E-state index < -0.39 is 35.9 Å². The number of rotatable bonds is 3. The molecule has 1 saturated carbocycles. The van der Waals surface area contributed by atoms with E-state index in [0.717, 1.165) is 38.1 Å². The molecule has 3 aromatic rings. The van der Waals surface area contributed by atoms with E-state index in [1.54, 1.807) is 22.9 Å². The third kappa shape index (κ3) is 3.51. The predicted molar refractivity (Wildman–Crippen MR) is 133 cm³/mol. The van der Waals surface area contributed by atoms with Crippen molar-refractivity contribution in [2.24, 2.45) is 5.41 Å². The van der Waals surface area contributed by atoms with E-state index in [1.807, 2.05) is 0 Å².